The molecule has 0 aliphatic heterocycles. The van der Waals surface area contributed by atoms with Gasteiger partial charge in [0.2, 0.25) is 0 Å². The van der Waals surface area contributed by atoms with Crippen LogP contribution < -0.4 is 0 Å². The maximum atomic E-state index is 11.7. The van der Waals surface area contributed by atoms with Crippen LogP contribution in [0, 0.1) is 5.41 Å². The molecule has 2 aromatic carbocycles. The van der Waals surface area contributed by atoms with Crippen molar-refractivity contribution in [1.82, 2.24) is 0 Å². The first kappa shape index (κ1) is 16.7. The summed E-state index contributed by atoms with van der Waals surface area (Å²) in [5, 5.41) is 0. The Balaban J connectivity index is 1.73. The molecule has 0 saturated heterocycles. The van der Waals surface area contributed by atoms with E-state index in [2.05, 4.69) is 42.7 Å². The summed E-state index contributed by atoms with van der Waals surface area (Å²) in [6.45, 7) is 0. The fraction of sp³-hybridized carbons (Fsp3) is 0.238. The zero-order chi connectivity index (χ0) is 17.7. The van der Waals surface area contributed by atoms with Gasteiger partial charge in [-0.1, -0.05) is 36.4 Å². The van der Waals surface area contributed by atoms with Crippen molar-refractivity contribution in [2.45, 2.75) is 22.6 Å². The number of sulfone groups is 1. The highest BCUT2D eigenvalue weighted by atomic mass is 32.2. The molecule has 128 valence electrons. The molecule has 2 aromatic rings. The molecule has 0 bridgehead atoms. The first-order chi connectivity index (χ1) is 11.9. The molecule has 0 amide bonds. The zero-order valence-electron chi connectivity index (χ0n) is 14.3. The molecule has 0 radical (unpaired) electrons. The predicted molar refractivity (Wildman–Crippen MR) is 105 cm³/mol. The van der Waals surface area contributed by atoms with E-state index in [1.165, 1.54) is 40.7 Å². The third-order valence-electron chi connectivity index (χ3n) is 4.98. The van der Waals surface area contributed by atoms with E-state index in [0.717, 1.165) is 5.56 Å². The summed E-state index contributed by atoms with van der Waals surface area (Å²) >= 11 is 1.74. The molecule has 1 fully saturated rings. The number of allylic oxidation sites excluding steroid dienone is 4. The summed E-state index contributed by atoms with van der Waals surface area (Å²) in [5.41, 5.74) is 5.00. The Hall–Kier alpha value is -1.78. The van der Waals surface area contributed by atoms with Gasteiger partial charge in [-0.25, -0.2) is 8.42 Å². The molecule has 0 N–H and O–H groups in total. The van der Waals surface area contributed by atoms with Crippen LogP contribution in [0.15, 0.2) is 70.5 Å². The topological polar surface area (TPSA) is 34.1 Å². The smallest absolute Gasteiger partial charge is 0.175 e. The average Bonchev–Trinajstić information content (AvgIpc) is 3.25. The van der Waals surface area contributed by atoms with Gasteiger partial charge in [0.1, 0.15) is 0 Å². The van der Waals surface area contributed by atoms with Crippen LogP contribution in [0.4, 0.5) is 0 Å². The highest BCUT2D eigenvalue weighted by Gasteiger charge is 2.43. The molecule has 4 rings (SSSR count). The molecule has 2 aliphatic carbocycles. The SMILES string of the molecule is CSc1ccc(C2=CC3(C=C2c2ccc(S(C)(=O)=O)cc2)CC3)cc1. The molecule has 1 saturated carbocycles. The first-order valence-corrected chi connectivity index (χ1v) is 11.4. The normalized spacial score (nSPS) is 18.2. The lowest BCUT2D eigenvalue weighted by Crippen LogP contribution is -1.97. The van der Waals surface area contributed by atoms with Crippen molar-refractivity contribution in [1.29, 1.82) is 0 Å². The second kappa shape index (κ2) is 5.89. The number of thioether (sulfide) groups is 1. The molecule has 0 heterocycles. The van der Waals surface area contributed by atoms with Crippen molar-refractivity contribution < 1.29 is 8.42 Å². The maximum absolute atomic E-state index is 11.7. The van der Waals surface area contributed by atoms with Crippen molar-refractivity contribution in [2.24, 2.45) is 5.41 Å². The highest BCUT2D eigenvalue weighted by molar-refractivity contribution is 7.98. The summed E-state index contributed by atoms with van der Waals surface area (Å²) in [6, 6.07) is 15.9. The molecule has 2 nitrogen and oxygen atoms in total. The van der Waals surface area contributed by atoms with Crippen molar-refractivity contribution in [3.8, 4) is 0 Å². The Bertz CT molecular complexity index is 975. The lowest BCUT2D eigenvalue weighted by Gasteiger charge is -2.11. The summed E-state index contributed by atoms with van der Waals surface area (Å²) in [4.78, 5) is 1.62. The maximum Gasteiger partial charge on any atom is 0.175 e. The average molecular weight is 369 g/mol. The summed E-state index contributed by atoms with van der Waals surface area (Å²) in [6.07, 6.45) is 10.5. The van der Waals surface area contributed by atoms with Crippen LogP contribution in [0.2, 0.25) is 0 Å². The van der Waals surface area contributed by atoms with Gasteiger partial charge in [0.25, 0.3) is 0 Å². The monoisotopic (exact) mass is 368 g/mol. The number of rotatable bonds is 4. The van der Waals surface area contributed by atoms with Gasteiger partial charge in [0.15, 0.2) is 9.84 Å². The van der Waals surface area contributed by atoms with Crippen LogP contribution in [0.1, 0.15) is 24.0 Å². The van der Waals surface area contributed by atoms with E-state index in [9.17, 15) is 8.42 Å². The zero-order valence-corrected chi connectivity index (χ0v) is 16.0. The van der Waals surface area contributed by atoms with E-state index < -0.39 is 9.84 Å². The molecule has 0 aromatic heterocycles. The Labute approximate surface area is 153 Å². The van der Waals surface area contributed by atoms with Crippen LogP contribution in [0.5, 0.6) is 0 Å². The van der Waals surface area contributed by atoms with E-state index >= 15 is 0 Å². The quantitative estimate of drug-likeness (QED) is 0.706. The molecule has 0 unspecified atom stereocenters. The lowest BCUT2D eigenvalue weighted by atomic mass is 9.95. The van der Waals surface area contributed by atoms with Gasteiger partial charge >= 0.3 is 0 Å². The fourth-order valence-electron chi connectivity index (χ4n) is 3.34. The number of hydrogen-bond acceptors (Lipinski definition) is 3. The second-order valence-corrected chi connectivity index (χ2v) is 9.77. The van der Waals surface area contributed by atoms with Crippen molar-refractivity contribution in [3.05, 3.63) is 71.8 Å². The van der Waals surface area contributed by atoms with Gasteiger partial charge in [-0.15, -0.1) is 11.8 Å². The van der Waals surface area contributed by atoms with Gasteiger partial charge in [-0.3, -0.25) is 0 Å². The molecule has 0 atom stereocenters. The Kier molecular flexibility index (Phi) is 3.93. The number of hydrogen-bond donors (Lipinski definition) is 0. The molecule has 4 heteroatoms. The largest absolute Gasteiger partial charge is 0.224 e. The first-order valence-electron chi connectivity index (χ1n) is 8.31. The van der Waals surface area contributed by atoms with E-state index in [4.69, 9.17) is 0 Å². The van der Waals surface area contributed by atoms with Crippen LogP contribution in [0.3, 0.4) is 0 Å². The third kappa shape index (κ3) is 3.21. The fourth-order valence-corrected chi connectivity index (χ4v) is 4.37. The molecule has 1 spiro atoms. The minimum absolute atomic E-state index is 0.221. The second-order valence-electron chi connectivity index (χ2n) is 6.87. The van der Waals surface area contributed by atoms with Crippen LogP contribution in [0.25, 0.3) is 11.1 Å². The standard InChI is InChI=1S/C21H20O2S2/c1-24-17-7-3-15(4-8-17)19-13-21(11-12-21)14-20(19)16-5-9-18(10-6-16)25(2,22)23/h3-10,13-14H,11-12H2,1-2H3. The summed E-state index contributed by atoms with van der Waals surface area (Å²) < 4.78 is 23.4. The van der Waals surface area contributed by atoms with E-state index in [-0.39, 0.29) is 5.41 Å². The molecule has 25 heavy (non-hydrogen) atoms. The van der Waals surface area contributed by atoms with Crippen LogP contribution in [-0.2, 0) is 9.84 Å². The van der Waals surface area contributed by atoms with Gasteiger partial charge in [0, 0.05) is 16.6 Å². The third-order valence-corrected chi connectivity index (χ3v) is 6.85. The van der Waals surface area contributed by atoms with E-state index in [1.54, 1.807) is 23.9 Å². The Morgan fingerprint density at radius 1 is 0.840 bits per heavy atom. The minimum atomic E-state index is -3.16. The van der Waals surface area contributed by atoms with Gasteiger partial charge in [-0.05, 0) is 65.6 Å². The Morgan fingerprint density at radius 3 is 1.72 bits per heavy atom. The van der Waals surface area contributed by atoms with Gasteiger partial charge in [0.05, 0.1) is 4.90 Å². The van der Waals surface area contributed by atoms with Crippen molar-refractivity contribution in [2.75, 3.05) is 12.5 Å². The lowest BCUT2D eigenvalue weighted by molar-refractivity contribution is 0.602. The van der Waals surface area contributed by atoms with Crippen LogP contribution >= 0.6 is 11.8 Å². The van der Waals surface area contributed by atoms with Crippen LogP contribution in [-0.4, -0.2) is 20.9 Å². The van der Waals surface area contributed by atoms with Gasteiger partial charge in [-0.2, -0.15) is 0 Å². The summed E-state index contributed by atoms with van der Waals surface area (Å²) in [7, 11) is -3.16. The minimum Gasteiger partial charge on any atom is -0.224 e. The summed E-state index contributed by atoms with van der Waals surface area (Å²) in [5.74, 6) is 0. The predicted octanol–water partition coefficient (Wildman–Crippen LogP) is 5.07. The Morgan fingerprint density at radius 2 is 1.32 bits per heavy atom. The highest BCUT2D eigenvalue weighted by Crippen LogP contribution is 2.57. The van der Waals surface area contributed by atoms with E-state index in [0.29, 0.717) is 4.90 Å². The van der Waals surface area contributed by atoms with Crippen molar-refractivity contribution >= 4 is 32.7 Å². The molecule has 2 aliphatic rings. The molecular formula is C21H20O2S2. The van der Waals surface area contributed by atoms with E-state index in [1.807, 2.05) is 12.1 Å². The van der Waals surface area contributed by atoms with Crippen molar-refractivity contribution in [3.63, 3.8) is 0 Å². The van der Waals surface area contributed by atoms with Gasteiger partial charge < -0.3 is 0 Å². The number of benzene rings is 2. The molecular weight excluding hydrogens is 348 g/mol.